The molecule has 0 radical (unpaired) electrons. The van der Waals surface area contributed by atoms with Crippen LogP contribution in [0.1, 0.15) is 12.5 Å². The number of benzene rings is 1. The molecule has 24 heavy (non-hydrogen) atoms. The van der Waals surface area contributed by atoms with E-state index >= 15 is 0 Å². The van der Waals surface area contributed by atoms with Crippen LogP contribution in [-0.2, 0) is 11.0 Å². The van der Waals surface area contributed by atoms with E-state index in [9.17, 15) is 18.0 Å². The second kappa shape index (κ2) is 6.43. The minimum absolute atomic E-state index is 0.0541. The van der Waals surface area contributed by atoms with Gasteiger partial charge in [0.1, 0.15) is 0 Å². The number of carbonyl (C=O) groups excluding carboxylic acids is 1. The molecule has 1 saturated heterocycles. The molecule has 0 N–H and O–H groups in total. The number of aromatic nitrogens is 1. The van der Waals surface area contributed by atoms with Gasteiger partial charge in [-0.05, 0) is 12.1 Å². The van der Waals surface area contributed by atoms with E-state index < -0.39 is 11.7 Å². The molecule has 1 aromatic heterocycles. The number of nitrogens with zero attached hydrogens (tertiary/aromatic N) is 3. The normalized spacial score (nSPS) is 15.7. The molecular formula is C16H16F3N3OS. The van der Waals surface area contributed by atoms with Gasteiger partial charge in [0.2, 0.25) is 5.91 Å². The van der Waals surface area contributed by atoms with E-state index in [-0.39, 0.29) is 5.91 Å². The third-order valence-corrected chi connectivity index (χ3v) is 4.87. The van der Waals surface area contributed by atoms with Crippen molar-refractivity contribution >= 4 is 22.4 Å². The molecule has 1 amide bonds. The van der Waals surface area contributed by atoms with Gasteiger partial charge in [0.25, 0.3) is 0 Å². The number of halogens is 3. The number of anilines is 1. The summed E-state index contributed by atoms with van der Waals surface area (Å²) in [6.45, 7) is 4.16. The number of hydrogen-bond donors (Lipinski definition) is 0. The topological polar surface area (TPSA) is 36.4 Å². The summed E-state index contributed by atoms with van der Waals surface area (Å²) in [5.41, 5.74) is 0.314. The smallest absolute Gasteiger partial charge is 0.345 e. The van der Waals surface area contributed by atoms with Gasteiger partial charge in [-0.15, -0.1) is 11.3 Å². The van der Waals surface area contributed by atoms with Gasteiger partial charge in [-0.1, -0.05) is 12.1 Å². The van der Waals surface area contributed by atoms with E-state index in [0.717, 1.165) is 17.3 Å². The fraction of sp³-hybridized carbons (Fsp3) is 0.375. The largest absolute Gasteiger partial charge is 0.416 e. The lowest BCUT2D eigenvalue weighted by Gasteiger charge is -2.33. The Morgan fingerprint density at radius 1 is 1.21 bits per heavy atom. The van der Waals surface area contributed by atoms with Crippen molar-refractivity contribution in [2.24, 2.45) is 0 Å². The van der Waals surface area contributed by atoms with Crippen LogP contribution >= 0.6 is 11.3 Å². The first-order valence-corrected chi connectivity index (χ1v) is 8.36. The van der Waals surface area contributed by atoms with Crippen molar-refractivity contribution in [3.63, 3.8) is 0 Å². The Morgan fingerprint density at radius 2 is 1.92 bits per heavy atom. The summed E-state index contributed by atoms with van der Waals surface area (Å²) in [7, 11) is 0. The molecule has 3 rings (SSSR count). The summed E-state index contributed by atoms with van der Waals surface area (Å²) in [6, 6.07) is 5.19. The van der Waals surface area contributed by atoms with Crippen LogP contribution in [0.3, 0.4) is 0 Å². The highest BCUT2D eigenvalue weighted by Gasteiger charge is 2.30. The molecule has 0 spiro atoms. The Labute approximate surface area is 141 Å². The molecule has 0 bridgehead atoms. The van der Waals surface area contributed by atoms with Gasteiger partial charge < -0.3 is 9.80 Å². The maximum atomic E-state index is 12.8. The number of alkyl halides is 3. The second-order valence-electron chi connectivity index (χ2n) is 5.59. The van der Waals surface area contributed by atoms with Gasteiger partial charge in [-0.25, -0.2) is 4.98 Å². The zero-order valence-electron chi connectivity index (χ0n) is 13.0. The van der Waals surface area contributed by atoms with Crippen molar-refractivity contribution in [1.29, 1.82) is 0 Å². The Kier molecular flexibility index (Phi) is 4.49. The van der Waals surface area contributed by atoms with Gasteiger partial charge in [-0.3, -0.25) is 4.79 Å². The molecule has 4 nitrogen and oxygen atoms in total. The third kappa shape index (κ3) is 3.53. The molecule has 0 unspecified atom stereocenters. The Hall–Kier alpha value is -2.09. The van der Waals surface area contributed by atoms with Gasteiger partial charge >= 0.3 is 6.18 Å². The van der Waals surface area contributed by atoms with Crippen LogP contribution in [0.5, 0.6) is 0 Å². The fourth-order valence-corrected chi connectivity index (χ4v) is 3.50. The first kappa shape index (κ1) is 16.8. The Bertz CT molecular complexity index is 736. The van der Waals surface area contributed by atoms with Gasteiger partial charge in [0, 0.05) is 44.0 Å². The highest BCUT2D eigenvalue weighted by atomic mass is 32.1. The maximum absolute atomic E-state index is 12.8. The minimum atomic E-state index is -4.36. The minimum Gasteiger partial charge on any atom is -0.345 e. The third-order valence-electron chi connectivity index (χ3n) is 3.97. The quantitative estimate of drug-likeness (QED) is 0.827. The second-order valence-corrected chi connectivity index (χ2v) is 6.42. The summed E-state index contributed by atoms with van der Waals surface area (Å²) >= 11 is 1.40. The van der Waals surface area contributed by atoms with Crippen molar-refractivity contribution < 1.29 is 18.0 Å². The van der Waals surface area contributed by atoms with Crippen molar-refractivity contribution in [2.45, 2.75) is 13.1 Å². The number of rotatable bonds is 2. The van der Waals surface area contributed by atoms with Crippen LogP contribution in [0.2, 0.25) is 0 Å². The highest BCUT2D eigenvalue weighted by Crippen LogP contribution is 2.33. The average molecular weight is 355 g/mol. The number of piperazine rings is 1. The van der Waals surface area contributed by atoms with Gasteiger partial charge in [0.15, 0.2) is 5.13 Å². The summed E-state index contributed by atoms with van der Waals surface area (Å²) in [5.74, 6) is 0.0541. The number of amides is 1. The molecular weight excluding hydrogens is 339 g/mol. The van der Waals surface area contributed by atoms with Crippen molar-refractivity contribution in [3.8, 4) is 11.3 Å². The molecule has 0 atom stereocenters. The number of hydrogen-bond acceptors (Lipinski definition) is 4. The van der Waals surface area contributed by atoms with Gasteiger partial charge in [0.05, 0.1) is 11.3 Å². The van der Waals surface area contributed by atoms with Crippen molar-refractivity contribution in [3.05, 3.63) is 35.2 Å². The zero-order valence-corrected chi connectivity index (χ0v) is 13.8. The lowest BCUT2D eigenvalue weighted by atomic mass is 10.1. The van der Waals surface area contributed by atoms with Gasteiger partial charge in [-0.2, -0.15) is 13.2 Å². The van der Waals surface area contributed by atoms with Crippen LogP contribution in [0.15, 0.2) is 29.6 Å². The summed E-state index contributed by atoms with van der Waals surface area (Å²) in [6.07, 6.45) is -4.36. The highest BCUT2D eigenvalue weighted by molar-refractivity contribution is 7.14. The van der Waals surface area contributed by atoms with E-state index in [2.05, 4.69) is 9.88 Å². The van der Waals surface area contributed by atoms with Crippen LogP contribution in [0, 0.1) is 0 Å². The fourth-order valence-electron chi connectivity index (χ4n) is 2.61. The summed E-state index contributed by atoms with van der Waals surface area (Å²) < 4.78 is 38.5. The van der Waals surface area contributed by atoms with E-state index in [1.54, 1.807) is 23.3 Å². The first-order chi connectivity index (χ1) is 11.3. The number of thiazole rings is 1. The predicted molar refractivity (Wildman–Crippen MR) is 87.0 cm³/mol. The Morgan fingerprint density at radius 3 is 2.54 bits per heavy atom. The average Bonchev–Trinajstić information content (AvgIpc) is 3.04. The summed E-state index contributed by atoms with van der Waals surface area (Å²) in [4.78, 5) is 19.6. The molecule has 1 aromatic carbocycles. The van der Waals surface area contributed by atoms with E-state index in [0.29, 0.717) is 37.4 Å². The van der Waals surface area contributed by atoms with Crippen molar-refractivity contribution in [1.82, 2.24) is 9.88 Å². The SMILES string of the molecule is CC(=O)N1CCN(c2nc(-c3cccc(C(F)(F)F)c3)cs2)CC1. The molecule has 1 aliphatic rings. The standard InChI is InChI=1S/C16H16F3N3OS/c1-11(23)21-5-7-22(8-6-21)15-20-14(10-24-15)12-3-2-4-13(9-12)16(17,18)19/h2-4,9-10H,5-8H2,1H3. The molecule has 1 aliphatic heterocycles. The lowest BCUT2D eigenvalue weighted by Crippen LogP contribution is -2.48. The van der Waals surface area contributed by atoms with E-state index in [4.69, 9.17) is 0 Å². The van der Waals surface area contributed by atoms with Crippen molar-refractivity contribution in [2.75, 3.05) is 31.1 Å². The number of carbonyl (C=O) groups is 1. The maximum Gasteiger partial charge on any atom is 0.416 e. The van der Waals surface area contributed by atoms with E-state index in [1.165, 1.54) is 17.4 Å². The molecule has 128 valence electrons. The van der Waals surface area contributed by atoms with Crippen LogP contribution < -0.4 is 4.90 Å². The predicted octanol–water partition coefficient (Wildman–Crippen LogP) is 3.50. The lowest BCUT2D eigenvalue weighted by molar-refractivity contribution is -0.137. The van der Waals surface area contributed by atoms with Crippen LogP contribution in [0.4, 0.5) is 18.3 Å². The molecule has 0 saturated carbocycles. The first-order valence-electron chi connectivity index (χ1n) is 7.48. The van der Waals surface area contributed by atoms with Crippen LogP contribution in [0.25, 0.3) is 11.3 Å². The Balaban J connectivity index is 1.76. The molecule has 2 aromatic rings. The van der Waals surface area contributed by atoms with E-state index in [1.807, 2.05) is 0 Å². The summed E-state index contributed by atoms with van der Waals surface area (Å²) in [5, 5.41) is 2.54. The molecule has 8 heteroatoms. The van der Waals surface area contributed by atoms with Crippen LogP contribution in [-0.4, -0.2) is 42.0 Å². The monoisotopic (exact) mass is 355 g/mol. The molecule has 2 heterocycles. The molecule has 0 aliphatic carbocycles. The zero-order chi connectivity index (χ0) is 17.3. The molecule has 1 fully saturated rings.